The minimum Gasteiger partial charge on any atom is -0.507 e. The van der Waals surface area contributed by atoms with E-state index in [1.165, 1.54) is 19.1 Å². The Morgan fingerprint density at radius 3 is 2.42 bits per heavy atom. The molecule has 0 aromatic heterocycles. The fourth-order valence-electron chi connectivity index (χ4n) is 3.83. The summed E-state index contributed by atoms with van der Waals surface area (Å²) in [6.45, 7) is 5.04. The molecule has 1 unspecified atom stereocenters. The standard InChI is InChI=1S/C25H29NO7/c1-5-32-18-9-7-8-17(14-18)23(27)21-22(26(12-13-30-3)25(29)24(21)28)16-10-11-19(33-6-2)20(15-16)31-4/h7-11,14-15,22,27H,5-6,12-13H2,1-4H3. The summed E-state index contributed by atoms with van der Waals surface area (Å²) in [6.07, 6.45) is 0. The van der Waals surface area contributed by atoms with Gasteiger partial charge in [0.15, 0.2) is 11.5 Å². The number of carbonyl (C=O) groups is 2. The Hall–Kier alpha value is -3.52. The number of methoxy groups -OCH3 is 2. The Bertz CT molecular complexity index is 1050. The van der Waals surface area contributed by atoms with Crippen molar-refractivity contribution in [2.75, 3.05) is 40.6 Å². The lowest BCUT2D eigenvalue weighted by Gasteiger charge is -2.25. The number of hydrogen-bond acceptors (Lipinski definition) is 7. The Morgan fingerprint density at radius 2 is 1.76 bits per heavy atom. The van der Waals surface area contributed by atoms with E-state index in [0.29, 0.717) is 41.6 Å². The Kier molecular flexibility index (Phi) is 7.95. The summed E-state index contributed by atoms with van der Waals surface area (Å²) in [5.74, 6) is -0.176. The lowest BCUT2D eigenvalue weighted by molar-refractivity contribution is -0.140. The molecule has 0 radical (unpaired) electrons. The van der Waals surface area contributed by atoms with E-state index < -0.39 is 17.7 Å². The van der Waals surface area contributed by atoms with Crippen LogP contribution in [-0.2, 0) is 14.3 Å². The van der Waals surface area contributed by atoms with E-state index in [9.17, 15) is 14.7 Å². The Labute approximate surface area is 193 Å². The van der Waals surface area contributed by atoms with Gasteiger partial charge < -0.3 is 29.0 Å². The van der Waals surface area contributed by atoms with E-state index in [0.717, 1.165) is 0 Å². The van der Waals surface area contributed by atoms with Gasteiger partial charge in [0.05, 0.1) is 38.5 Å². The second-order valence-electron chi connectivity index (χ2n) is 7.29. The maximum Gasteiger partial charge on any atom is 0.295 e. The number of benzene rings is 2. The van der Waals surface area contributed by atoms with Gasteiger partial charge in [0.1, 0.15) is 11.5 Å². The number of ether oxygens (including phenoxy) is 4. The maximum atomic E-state index is 13.1. The van der Waals surface area contributed by atoms with Crippen LogP contribution in [0.4, 0.5) is 0 Å². The van der Waals surface area contributed by atoms with Gasteiger partial charge in [0.2, 0.25) is 0 Å². The molecule has 0 saturated carbocycles. The zero-order valence-electron chi connectivity index (χ0n) is 19.3. The lowest BCUT2D eigenvalue weighted by Crippen LogP contribution is -2.32. The van der Waals surface area contributed by atoms with Crippen LogP contribution in [0.15, 0.2) is 48.0 Å². The van der Waals surface area contributed by atoms with Gasteiger partial charge in [-0.15, -0.1) is 0 Å². The first-order chi connectivity index (χ1) is 16.0. The third-order valence-electron chi connectivity index (χ3n) is 5.30. The zero-order valence-corrected chi connectivity index (χ0v) is 19.3. The minimum absolute atomic E-state index is 0.00374. The van der Waals surface area contributed by atoms with Crippen molar-refractivity contribution in [1.82, 2.24) is 4.90 Å². The van der Waals surface area contributed by atoms with Gasteiger partial charge in [-0.2, -0.15) is 0 Å². The summed E-state index contributed by atoms with van der Waals surface area (Å²) >= 11 is 0. The summed E-state index contributed by atoms with van der Waals surface area (Å²) in [5, 5.41) is 11.2. The van der Waals surface area contributed by atoms with Gasteiger partial charge in [-0.1, -0.05) is 18.2 Å². The molecule has 3 rings (SSSR count). The number of nitrogens with zero attached hydrogens (tertiary/aromatic N) is 1. The largest absolute Gasteiger partial charge is 0.507 e. The molecule has 0 aliphatic carbocycles. The van der Waals surface area contributed by atoms with Crippen molar-refractivity contribution in [3.05, 3.63) is 59.2 Å². The van der Waals surface area contributed by atoms with Crippen molar-refractivity contribution in [2.24, 2.45) is 0 Å². The van der Waals surface area contributed by atoms with Crippen molar-refractivity contribution in [1.29, 1.82) is 0 Å². The van der Waals surface area contributed by atoms with E-state index >= 15 is 0 Å². The van der Waals surface area contributed by atoms with Crippen LogP contribution in [0.5, 0.6) is 17.2 Å². The topological polar surface area (TPSA) is 94.5 Å². The number of carbonyl (C=O) groups excluding carboxylic acids is 2. The average Bonchev–Trinajstić information content (AvgIpc) is 3.08. The molecule has 2 aromatic carbocycles. The molecule has 0 spiro atoms. The monoisotopic (exact) mass is 455 g/mol. The van der Waals surface area contributed by atoms with Crippen LogP contribution in [-0.4, -0.2) is 62.3 Å². The summed E-state index contributed by atoms with van der Waals surface area (Å²) in [4.78, 5) is 27.4. The zero-order chi connectivity index (χ0) is 24.0. The Balaban J connectivity index is 2.16. The molecule has 1 saturated heterocycles. The van der Waals surface area contributed by atoms with Crippen molar-refractivity contribution in [3.63, 3.8) is 0 Å². The van der Waals surface area contributed by atoms with Gasteiger partial charge in [-0.25, -0.2) is 0 Å². The minimum atomic E-state index is -0.819. The number of aliphatic hydroxyl groups excluding tert-OH is 1. The van der Waals surface area contributed by atoms with E-state index in [1.54, 1.807) is 42.5 Å². The normalized spacial score (nSPS) is 17.3. The molecule has 1 fully saturated rings. The fourth-order valence-corrected chi connectivity index (χ4v) is 3.83. The van der Waals surface area contributed by atoms with Gasteiger partial charge in [-0.05, 0) is 43.7 Å². The molecule has 0 bridgehead atoms. The molecule has 2 aromatic rings. The van der Waals surface area contributed by atoms with Crippen LogP contribution in [0.3, 0.4) is 0 Å². The first kappa shape index (κ1) is 24.1. The molecule has 1 atom stereocenters. The molecular weight excluding hydrogens is 426 g/mol. The average molecular weight is 456 g/mol. The van der Waals surface area contributed by atoms with Gasteiger partial charge in [-0.3, -0.25) is 9.59 Å². The summed E-state index contributed by atoms with van der Waals surface area (Å²) in [6, 6.07) is 11.2. The predicted molar refractivity (Wildman–Crippen MR) is 123 cm³/mol. The van der Waals surface area contributed by atoms with Crippen LogP contribution in [0.2, 0.25) is 0 Å². The van der Waals surface area contributed by atoms with Gasteiger partial charge in [0, 0.05) is 19.2 Å². The third-order valence-corrected chi connectivity index (χ3v) is 5.30. The molecular formula is C25H29NO7. The van der Waals surface area contributed by atoms with Crippen LogP contribution in [0.1, 0.15) is 31.0 Å². The molecule has 8 nitrogen and oxygen atoms in total. The third kappa shape index (κ3) is 4.96. The van der Waals surface area contributed by atoms with Gasteiger partial charge >= 0.3 is 0 Å². The highest BCUT2D eigenvalue weighted by Crippen LogP contribution is 2.42. The summed E-state index contributed by atoms with van der Waals surface area (Å²) in [7, 11) is 3.04. The van der Waals surface area contributed by atoms with Crippen LogP contribution < -0.4 is 14.2 Å². The smallest absolute Gasteiger partial charge is 0.295 e. The second-order valence-corrected chi connectivity index (χ2v) is 7.29. The van der Waals surface area contributed by atoms with E-state index in [-0.39, 0.29) is 24.5 Å². The van der Waals surface area contributed by atoms with E-state index in [2.05, 4.69) is 0 Å². The molecule has 8 heteroatoms. The number of ketones is 1. The predicted octanol–water partition coefficient (Wildman–Crippen LogP) is 3.56. The highest BCUT2D eigenvalue weighted by atomic mass is 16.5. The van der Waals surface area contributed by atoms with Crippen LogP contribution >= 0.6 is 0 Å². The number of Topliss-reactive ketones (excluding diaryl/α,β-unsaturated/α-hetero) is 1. The number of hydrogen-bond donors (Lipinski definition) is 1. The highest BCUT2D eigenvalue weighted by Gasteiger charge is 2.46. The van der Waals surface area contributed by atoms with E-state index in [1.807, 2.05) is 13.8 Å². The highest BCUT2D eigenvalue weighted by molar-refractivity contribution is 6.46. The second kappa shape index (κ2) is 10.9. The van der Waals surface area contributed by atoms with Crippen LogP contribution in [0.25, 0.3) is 5.76 Å². The van der Waals surface area contributed by atoms with Gasteiger partial charge in [0.25, 0.3) is 11.7 Å². The molecule has 1 heterocycles. The van der Waals surface area contributed by atoms with Crippen LogP contribution in [0, 0.1) is 0 Å². The number of likely N-dealkylation sites (tertiary alicyclic amines) is 1. The molecule has 1 amide bonds. The first-order valence-electron chi connectivity index (χ1n) is 10.8. The first-order valence-corrected chi connectivity index (χ1v) is 10.8. The summed E-state index contributed by atoms with van der Waals surface area (Å²) in [5.41, 5.74) is 0.984. The van der Waals surface area contributed by atoms with Crippen molar-refractivity contribution in [2.45, 2.75) is 19.9 Å². The van der Waals surface area contributed by atoms with E-state index in [4.69, 9.17) is 18.9 Å². The number of rotatable bonds is 10. The molecule has 1 aliphatic heterocycles. The Morgan fingerprint density at radius 1 is 1.00 bits per heavy atom. The number of amides is 1. The van der Waals surface area contributed by atoms with Crippen molar-refractivity contribution >= 4 is 17.4 Å². The lowest BCUT2D eigenvalue weighted by atomic mass is 9.95. The SMILES string of the molecule is CCOc1cccc(C(O)=C2C(=O)C(=O)N(CCOC)C2c2ccc(OCC)c(OC)c2)c1. The quantitative estimate of drug-likeness (QED) is 0.333. The maximum absolute atomic E-state index is 13.1. The number of aliphatic hydroxyl groups is 1. The molecule has 1 N–H and O–H groups in total. The van der Waals surface area contributed by atoms with Crippen molar-refractivity contribution < 1.29 is 33.6 Å². The van der Waals surface area contributed by atoms with Crippen molar-refractivity contribution in [3.8, 4) is 17.2 Å². The summed E-state index contributed by atoms with van der Waals surface area (Å²) < 4.78 is 21.7. The fraction of sp³-hybridized carbons (Fsp3) is 0.360. The molecule has 33 heavy (non-hydrogen) atoms. The molecule has 176 valence electrons. The molecule has 1 aliphatic rings.